The van der Waals surface area contributed by atoms with E-state index in [1.807, 2.05) is 13.8 Å². The van der Waals surface area contributed by atoms with Crippen molar-refractivity contribution in [2.24, 2.45) is 0 Å². The van der Waals surface area contributed by atoms with Crippen molar-refractivity contribution in [3.63, 3.8) is 0 Å². The molecule has 4 N–H and O–H groups in total. The highest BCUT2D eigenvalue weighted by atomic mass is 16.5. The van der Waals surface area contributed by atoms with Crippen molar-refractivity contribution in [3.05, 3.63) is 58.2 Å². The van der Waals surface area contributed by atoms with Gasteiger partial charge in [0.1, 0.15) is 22.8 Å². The number of Topliss-reactive ketones (excluding diaryl/α,β-unsaturated/α-hetero) is 1. The van der Waals surface area contributed by atoms with Crippen LogP contribution in [-0.2, 0) is 25.7 Å². The van der Waals surface area contributed by atoms with Crippen LogP contribution in [0.25, 0.3) is 6.08 Å². The van der Waals surface area contributed by atoms with Gasteiger partial charge in [0.25, 0.3) is 0 Å². The highest BCUT2D eigenvalue weighted by Crippen LogP contribution is 2.47. The standard InChI is InChI=1S/C38H48N4O11/c1-21(2)37-41-32(53-42-37)20-40-31(46)19-39-30(45)18-26(24-16-28(49-4)36(51-6)29(17-24)50-5)34-27(44)15-23-12-8-7-9-13-25(43)14-10-11-22(3)52-38(48)33(23)35(34)47/h8,12,15-17,21-22,26,44,47H,7,9-11,13-14,18-20H2,1-6H3,(H,39,45)(H,40,46)/b12-8+/t22-,26?/m0/s1. The summed E-state index contributed by atoms with van der Waals surface area (Å²) in [4.78, 5) is 56.3. The molecule has 4 rings (SSSR count). The molecule has 0 saturated carbocycles. The molecule has 1 aliphatic heterocycles. The first-order valence-corrected chi connectivity index (χ1v) is 17.5. The van der Waals surface area contributed by atoms with Gasteiger partial charge in [-0.05, 0) is 61.9 Å². The monoisotopic (exact) mass is 736 g/mol. The number of esters is 1. The number of ketones is 1. The molecule has 3 aromatic rings. The zero-order valence-corrected chi connectivity index (χ0v) is 30.9. The van der Waals surface area contributed by atoms with Gasteiger partial charge in [-0.15, -0.1) is 0 Å². The number of amides is 2. The van der Waals surface area contributed by atoms with Crippen LogP contribution < -0.4 is 24.8 Å². The van der Waals surface area contributed by atoms with Crippen molar-refractivity contribution in [2.45, 2.75) is 90.2 Å². The summed E-state index contributed by atoms with van der Waals surface area (Å²) >= 11 is 0. The average Bonchev–Trinajstić information content (AvgIpc) is 3.61. The number of fused-ring (bicyclic) bond motifs is 1. The average molecular weight is 737 g/mol. The molecule has 15 heteroatoms. The van der Waals surface area contributed by atoms with E-state index in [-0.39, 0.29) is 58.1 Å². The molecule has 53 heavy (non-hydrogen) atoms. The highest BCUT2D eigenvalue weighted by Gasteiger charge is 2.32. The Bertz CT molecular complexity index is 1790. The van der Waals surface area contributed by atoms with Crippen LogP contribution in [0.5, 0.6) is 28.7 Å². The van der Waals surface area contributed by atoms with Crippen molar-refractivity contribution >= 4 is 29.6 Å². The number of methoxy groups -OCH3 is 3. The number of ether oxygens (including phenoxy) is 4. The third-order valence-electron chi connectivity index (χ3n) is 8.76. The van der Waals surface area contributed by atoms with Crippen LogP contribution in [0, 0.1) is 0 Å². The number of phenolic OH excluding ortho intramolecular Hbond substituents is 2. The number of carbonyl (C=O) groups is 4. The van der Waals surface area contributed by atoms with Gasteiger partial charge < -0.3 is 44.3 Å². The van der Waals surface area contributed by atoms with Crippen molar-refractivity contribution in [2.75, 3.05) is 27.9 Å². The van der Waals surface area contributed by atoms with Gasteiger partial charge in [0.05, 0.1) is 40.5 Å². The van der Waals surface area contributed by atoms with Crippen molar-refractivity contribution < 1.29 is 52.9 Å². The first-order chi connectivity index (χ1) is 25.4. The van der Waals surface area contributed by atoms with Gasteiger partial charge >= 0.3 is 5.97 Å². The molecule has 286 valence electrons. The van der Waals surface area contributed by atoms with Crippen LogP contribution >= 0.6 is 0 Å². The Morgan fingerprint density at radius 1 is 0.981 bits per heavy atom. The number of aromatic hydroxyl groups is 2. The SMILES string of the molecule is COc1cc(C(CC(=O)NCC(=O)NCc2nc(C(C)C)no2)c2c(O)cc3c(c2O)C(=O)O[C@@H](C)CCCC(=O)CCC/C=C/3)cc(OC)c1OC. The lowest BCUT2D eigenvalue weighted by molar-refractivity contribution is -0.126. The Morgan fingerprint density at radius 2 is 1.68 bits per heavy atom. The first kappa shape index (κ1) is 40.2. The van der Waals surface area contributed by atoms with E-state index in [9.17, 15) is 29.4 Å². The molecule has 1 aliphatic rings. The fourth-order valence-electron chi connectivity index (χ4n) is 5.96. The van der Waals surface area contributed by atoms with Crippen LogP contribution in [0.4, 0.5) is 0 Å². The van der Waals surface area contributed by atoms with Gasteiger partial charge in [0.15, 0.2) is 17.3 Å². The Kier molecular flexibility index (Phi) is 14.2. The molecule has 0 bridgehead atoms. The summed E-state index contributed by atoms with van der Waals surface area (Å²) in [6.07, 6.45) is 5.25. The van der Waals surface area contributed by atoms with Gasteiger partial charge in [-0.1, -0.05) is 31.2 Å². The van der Waals surface area contributed by atoms with Crippen molar-refractivity contribution in [1.29, 1.82) is 0 Å². The van der Waals surface area contributed by atoms with E-state index in [1.165, 1.54) is 27.4 Å². The number of nitrogens with zero attached hydrogens (tertiary/aromatic N) is 2. The summed E-state index contributed by atoms with van der Waals surface area (Å²) in [6, 6.07) is 4.45. The summed E-state index contributed by atoms with van der Waals surface area (Å²) in [5.41, 5.74) is 0.202. The number of benzene rings is 2. The smallest absolute Gasteiger partial charge is 0.342 e. The van der Waals surface area contributed by atoms with Crippen molar-refractivity contribution in [1.82, 2.24) is 20.8 Å². The van der Waals surface area contributed by atoms with E-state index in [0.29, 0.717) is 49.9 Å². The largest absolute Gasteiger partial charge is 0.507 e. The number of carbonyl (C=O) groups excluding carboxylic acids is 4. The summed E-state index contributed by atoms with van der Waals surface area (Å²) in [5, 5.41) is 32.5. The maximum Gasteiger partial charge on any atom is 0.342 e. The van der Waals surface area contributed by atoms with E-state index in [2.05, 4.69) is 20.8 Å². The number of phenols is 2. The second-order valence-corrected chi connectivity index (χ2v) is 13.0. The van der Waals surface area contributed by atoms with Gasteiger partial charge in [-0.3, -0.25) is 14.4 Å². The third-order valence-corrected chi connectivity index (χ3v) is 8.76. The number of hydrogen-bond acceptors (Lipinski definition) is 13. The predicted molar refractivity (Wildman–Crippen MR) is 192 cm³/mol. The molecule has 0 fully saturated rings. The highest BCUT2D eigenvalue weighted by molar-refractivity contribution is 5.98. The molecular formula is C38H48N4O11. The van der Waals surface area contributed by atoms with Crippen LogP contribution in [0.2, 0.25) is 0 Å². The Morgan fingerprint density at radius 3 is 2.32 bits per heavy atom. The minimum Gasteiger partial charge on any atom is -0.507 e. The zero-order chi connectivity index (χ0) is 38.7. The Balaban J connectivity index is 1.71. The number of nitrogens with one attached hydrogen (secondary N) is 2. The zero-order valence-electron chi connectivity index (χ0n) is 30.9. The van der Waals surface area contributed by atoms with Gasteiger partial charge in [0.2, 0.25) is 23.5 Å². The second kappa shape index (κ2) is 18.8. The lowest BCUT2D eigenvalue weighted by Crippen LogP contribution is -2.37. The topological polar surface area (TPSA) is 209 Å². The van der Waals surface area contributed by atoms with Gasteiger partial charge in [-0.2, -0.15) is 4.98 Å². The van der Waals surface area contributed by atoms with Gasteiger partial charge in [0, 0.05) is 36.7 Å². The molecular weight excluding hydrogens is 688 g/mol. The summed E-state index contributed by atoms with van der Waals surface area (Å²) < 4.78 is 27.4. The van der Waals surface area contributed by atoms with Crippen LogP contribution in [0.15, 0.2) is 28.8 Å². The number of allylic oxidation sites excluding steroid dienone is 1. The van der Waals surface area contributed by atoms with E-state index in [1.54, 1.807) is 31.2 Å². The fourth-order valence-corrected chi connectivity index (χ4v) is 5.96. The maximum absolute atomic E-state index is 13.7. The van der Waals surface area contributed by atoms with Crippen LogP contribution in [0.1, 0.15) is 116 Å². The number of cyclic esters (lactones) is 1. The lowest BCUT2D eigenvalue weighted by atomic mass is 9.84. The minimum atomic E-state index is -1.11. The van der Waals surface area contributed by atoms with Gasteiger partial charge in [-0.25, -0.2) is 4.79 Å². The Labute approximate surface area is 308 Å². The molecule has 2 aromatic carbocycles. The maximum atomic E-state index is 13.7. The molecule has 0 spiro atoms. The molecule has 2 atom stereocenters. The summed E-state index contributed by atoms with van der Waals surface area (Å²) in [7, 11) is 4.26. The fraction of sp³-hybridized carbons (Fsp3) is 0.474. The normalized spacial score (nSPS) is 16.5. The van der Waals surface area contributed by atoms with E-state index in [0.717, 1.165) is 0 Å². The third kappa shape index (κ3) is 10.5. The number of aromatic nitrogens is 2. The quantitative estimate of drug-likeness (QED) is 0.179. The summed E-state index contributed by atoms with van der Waals surface area (Å²) in [5.74, 6) is -2.48. The molecule has 15 nitrogen and oxygen atoms in total. The van der Waals surface area contributed by atoms with Crippen LogP contribution in [0.3, 0.4) is 0 Å². The number of hydrogen-bond donors (Lipinski definition) is 4. The minimum absolute atomic E-state index is 0.0410. The van der Waals surface area contributed by atoms with E-state index < -0.39 is 54.3 Å². The first-order valence-electron chi connectivity index (χ1n) is 17.5. The molecule has 1 aromatic heterocycles. The Hall–Kier alpha value is -5.60. The molecule has 2 amide bonds. The molecule has 0 saturated heterocycles. The lowest BCUT2D eigenvalue weighted by Gasteiger charge is -2.24. The van der Waals surface area contributed by atoms with E-state index in [4.69, 9.17) is 23.5 Å². The van der Waals surface area contributed by atoms with E-state index >= 15 is 0 Å². The molecule has 2 heterocycles. The van der Waals surface area contributed by atoms with Crippen molar-refractivity contribution in [3.8, 4) is 28.7 Å². The molecule has 0 aliphatic carbocycles. The van der Waals surface area contributed by atoms with Crippen LogP contribution in [-0.4, -0.2) is 77.9 Å². The second-order valence-electron chi connectivity index (χ2n) is 13.0. The molecule has 1 unspecified atom stereocenters. The number of rotatable bonds is 12. The summed E-state index contributed by atoms with van der Waals surface area (Å²) in [6.45, 7) is 5.06. The predicted octanol–water partition coefficient (Wildman–Crippen LogP) is 5.07. The molecule has 0 radical (unpaired) electrons.